The highest BCUT2D eigenvalue weighted by atomic mass is 32.2. The van der Waals surface area contributed by atoms with Crippen molar-refractivity contribution in [3.05, 3.63) is 36.2 Å². The van der Waals surface area contributed by atoms with Crippen LogP contribution in [0.15, 0.2) is 35.6 Å². The summed E-state index contributed by atoms with van der Waals surface area (Å²) in [6, 6.07) is 7.53. The summed E-state index contributed by atoms with van der Waals surface area (Å²) in [5.74, 6) is -0.0839. The number of imidazole rings is 1. The zero-order chi connectivity index (χ0) is 13.8. The van der Waals surface area contributed by atoms with Gasteiger partial charge in [0, 0.05) is 11.9 Å². The van der Waals surface area contributed by atoms with Crippen LogP contribution in [0.25, 0.3) is 5.69 Å². The molecule has 1 N–H and O–H groups in total. The van der Waals surface area contributed by atoms with Crippen LogP contribution in [0, 0.1) is 6.92 Å². The molecule has 1 aromatic carbocycles. The highest BCUT2D eigenvalue weighted by Crippen LogP contribution is 2.23. The lowest BCUT2D eigenvalue weighted by Gasteiger charge is -2.07. The van der Waals surface area contributed by atoms with Gasteiger partial charge in [-0.2, -0.15) is 0 Å². The molecule has 6 heteroatoms. The van der Waals surface area contributed by atoms with Crippen LogP contribution in [-0.2, 0) is 4.79 Å². The maximum absolute atomic E-state index is 10.6. The van der Waals surface area contributed by atoms with Crippen molar-refractivity contribution in [2.45, 2.75) is 12.1 Å². The number of nitrogens with zero attached hydrogens (tertiary/aromatic N) is 2. The molecule has 0 saturated carbocycles. The monoisotopic (exact) mass is 278 g/mol. The molecule has 2 rings (SSSR count). The molecule has 0 atom stereocenters. The van der Waals surface area contributed by atoms with Crippen LogP contribution in [-0.4, -0.2) is 33.5 Å². The molecule has 5 nitrogen and oxygen atoms in total. The SMILES string of the molecule is COc1ccc(-n2cc(C)nc2SCC(=O)O)cc1. The Morgan fingerprint density at radius 3 is 2.68 bits per heavy atom. The third kappa shape index (κ3) is 3.29. The number of hydrogen-bond donors (Lipinski definition) is 1. The molecule has 19 heavy (non-hydrogen) atoms. The van der Waals surface area contributed by atoms with Gasteiger partial charge in [-0.3, -0.25) is 9.36 Å². The molecular formula is C13H14N2O3S. The zero-order valence-corrected chi connectivity index (χ0v) is 11.5. The Labute approximate surface area is 115 Å². The third-order valence-electron chi connectivity index (χ3n) is 2.47. The fraction of sp³-hybridized carbons (Fsp3) is 0.231. The van der Waals surface area contributed by atoms with Crippen molar-refractivity contribution < 1.29 is 14.6 Å². The maximum Gasteiger partial charge on any atom is 0.313 e. The number of carboxylic acid groups (broad SMARTS) is 1. The van der Waals surface area contributed by atoms with Gasteiger partial charge in [0.15, 0.2) is 5.16 Å². The highest BCUT2D eigenvalue weighted by molar-refractivity contribution is 7.99. The molecule has 1 aromatic heterocycles. The Bertz CT molecular complexity index is 578. The van der Waals surface area contributed by atoms with E-state index in [9.17, 15) is 4.79 Å². The third-order valence-corrected chi connectivity index (χ3v) is 3.41. The predicted octanol–water partition coefficient (Wildman–Crippen LogP) is 2.37. The number of aryl methyl sites for hydroxylation is 1. The quantitative estimate of drug-likeness (QED) is 0.851. The van der Waals surface area contributed by atoms with Crippen molar-refractivity contribution in [1.82, 2.24) is 9.55 Å². The summed E-state index contributed by atoms with van der Waals surface area (Å²) in [5.41, 5.74) is 1.78. The smallest absolute Gasteiger partial charge is 0.313 e. The first-order valence-electron chi connectivity index (χ1n) is 5.65. The summed E-state index contributed by atoms with van der Waals surface area (Å²) in [7, 11) is 1.62. The van der Waals surface area contributed by atoms with Gasteiger partial charge in [0.2, 0.25) is 0 Å². The Morgan fingerprint density at radius 2 is 2.11 bits per heavy atom. The molecule has 0 spiro atoms. The second-order valence-electron chi connectivity index (χ2n) is 3.92. The molecule has 0 radical (unpaired) electrons. The maximum atomic E-state index is 10.6. The number of carboxylic acids is 1. The zero-order valence-electron chi connectivity index (χ0n) is 10.7. The Balaban J connectivity index is 2.29. The second-order valence-corrected chi connectivity index (χ2v) is 4.86. The van der Waals surface area contributed by atoms with E-state index in [4.69, 9.17) is 9.84 Å². The lowest BCUT2D eigenvalue weighted by molar-refractivity contribution is -0.133. The van der Waals surface area contributed by atoms with Crippen molar-refractivity contribution in [3.8, 4) is 11.4 Å². The van der Waals surface area contributed by atoms with Gasteiger partial charge in [-0.25, -0.2) is 4.98 Å². The van der Waals surface area contributed by atoms with Gasteiger partial charge in [0.05, 0.1) is 18.6 Å². The number of thioether (sulfide) groups is 1. The normalized spacial score (nSPS) is 10.4. The molecule has 0 fully saturated rings. The van der Waals surface area contributed by atoms with Gasteiger partial charge in [-0.1, -0.05) is 11.8 Å². The topological polar surface area (TPSA) is 64.4 Å². The molecule has 0 amide bonds. The summed E-state index contributed by atoms with van der Waals surface area (Å²) >= 11 is 1.20. The van der Waals surface area contributed by atoms with E-state index in [0.717, 1.165) is 17.1 Å². The lowest BCUT2D eigenvalue weighted by atomic mass is 10.3. The van der Waals surface area contributed by atoms with E-state index in [-0.39, 0.29) is 5.75 Å². The molecule has 0 unspecified atom stereocenters. The van der Waals surface area contributed by atoms with E-state index >= 15 is 0 Å². The van der Waals surface area contributed by atoms with E-state index in [1.165, 1.54) is 11.8 Å². The Kier molecular flexibility index (Phi) is 4.11. The fourth-order valence-corrected chi connectivity index (χ4v) is 2.39. The van der Waals surface area contributed by atoms with Crippen molar-refractivity contribution in [2.24, 2.45) is 0 Å². The van der Waals surface area contributed by atoms with Crippen LogP contribution in [0.2, 0.25) is 0 Å². The van der Waals surface area contributed by atoms with E-state index < -0.39 is 5.97 Å². The molecule has 2 aromatic rings. The molecule has 1 heterocycles. The molecule has 0 aliphatic heterocycles. The Morgan fingerprint density at radius 1 is 1.42 bits per heavy atom. The average molecular weight is 278 g/mol. The van der Waals surface area contributed by atoms with Crippen LogP contribution < -0.4 is 4.74 Å². The number of carbonyl (C=O) groups is 1. The number of benzene rings is 1. The first kappa shape index (κ1) is 13.5. The van der Waals surface area contributed by atoms with Crippen molar-refractivity contribution in [3.63, 3.8) is 0 Å². The number of aliphatic carboxylic acids is 1. The van der Waals surface area contributed by atoms with Gasteiger partial charge >= 0.3 is 5.97 Å². The molecule has 0 bridgehead atoms. The highest BCUT2D eigenvalue weighted by Gasteiger charge is 2.10. The van der Waals surface area contributed by atoms with Gasteiger partial charge in [0.1, 0.15) is 5.75 Å². The minimum Gasteiger partial charge on any atom is -0.497 e. The lowest BCUT2D eigenvalue weighted by Crippen LogP contribution is -2.01. The number of methoxy groups -OCH3 is 1. The Hall–Kier alpha value is -1.95. The van der Waals surface area contributed by atoms with Gasteiger partial charge in [0.25, 0.3) is 0 Å². The molecule has 100 valence electrons. The van der Waals surface area contributed by atoms with Gasteiger partial charge in [-0.15, -0.1) is 0 Å². The minimum absolute atomic E-state index is 0.00733. The fourth-order valence-electron chi connectivity index (χ4n) is 1.63. The minimum atomic E-state index is -0.855. The number of ether oxygens (including phenoxy) is 1. The number of aromatic nitrogens is 2. The predicted molar refractivity (Wildman–Crippen MR) is 73.2 cm³/mol. The molecular weight excluding hydrogens is 264 g/mol. The first-order valence-corrected chi connectivity index (χ1v) is 6.63. The first-order chi connectivity index (χ1) is 9.10. The van der Waals surface area contributed by atoms with Crippen molar-refractivity contribution in [2.75, 3.05) is 12.9 Å². The van der Waals surface area contributed by atoms with Crippen LogP contribution >= 0.6 is 11.8 Å². The summed E-state index contributed by atoms with van der Waals surface area (Å²) in [4.78, 5) is 15.0. The number of hydrogen-bond acceptors (Lipinski definition) is 4. The van der Waals surface area contributed by atoms with Crippen LogP contribution in [0.4, 0.5) is 0 Å². The second kappa shape index (κ2) is 5.79. The van der Waals surface area contributed by atoms with E-state index in [1.807, 2.05) is 42.0 Å². The standard InChI is InChI=1S/C13H14N2O3S/c1-9-7-15(13(14-9)19-8-12(16)17)10-3-5-11(18-2)6-4-10/h3-7H,8H2,1-2H3,(H,16,17). The summed E-state index contributed by atoms with van der Waals surface area (Å²) in [6.45, 7) is 1.88. The summed E-state index contributed by atoms with van der Waals surface area (Å²) in [5, 5.41) is 9.41. The van der Waals surface area contributed by atoms with E-state index in [2.05, 4.69) is 4.98 Å². The van der Waals surface area contributed by atoms with Crippen LogP contribution in [0.5, 0.6) is 5.75 Å². The molecule has 0 aliphatic rings. The molecule has 0 saturated heterocycles. The van der Waals surface area contributed by atoms with Gasteiger partial charge < -0.3 is 9.84 Å². The van der Waals surface area contributed by atoms with Crippen molar-refractivity contribution in [1.29, 1.82) is 0 Å². The van der Waals surface area contributed by atoms with E-state index in [0.29, 0.717) is 5.16 Å². The van der Waals surface area contributed by atoms with Gasteiger partial charge in [-0.05, 0) is 31.2 Å². The average Bonchev–Trinajstić information content (AvgIpc) is 2.78. The molecule has 0 aliphatic carbocycles. The summed E-state index contributed by atoms with van der Waals surface area (Å²) < 4.78 is 6.99. The van der Waals surface area contributed by atoms with Crippen molar-refractivity contribution >= 4 is 17.7 Å². The van der Waals surface area contributed by atoms with E-state index in [1.54, 1.807) is 7.11 Å². The van der Waals surface area contributed by atoms with Crippen LogP contribution in [0.1, 0.15) is 5.69 Å². The van der Waals surface area contributed by atoms with Crippen LogP contribution in [0.3, 0.4) is 0 Å². The number of rotatable bonds is 5. The largest absolute Gasteiger partial charge is 0.497 e. The summed E-state index contributed by atoms with van der Waals surface area (Å²) in [6.07, 6.45) is 1.88.